The lowest BCUT2D eigenvalue weighted by atomic mass is 9.96. The van der Waals surface area contributed by atoms with Gasteiger partial charge in [0, 0.05) is 0 Å². The maximum absolute atomic E-state index is 14.9. The average molecular weight is 467 g/mol. The van der Waals surface area contributed by atoms with Crippen molar-refractivity contribution in [3.63, 3.8) is 0 Å². The SMILES string of the molecule is CCCCCCc1ccc2cc(-c3cc(F)c(-c4ccc(OC(F)F)cc4)c(F)c3)ccc2c1. The molecule has 34 heavy (non-hydrogen) atoms. The minimum Gasteiger partial charge on any atom is -0.435 e. The van der Waals surface area contributed by atoms with E-state index in [4.69, 9.17) is 0 Å². The van der Waals surface area contributed by atoms with E-state index in [0.717, 1.165) is 17.2 Å². The number of halogens is 4. The number of rotatable bonds is 9. The Morgan fingerprint density at radius 2 is 1.32 bits per heavy atom. The molecule has 5 heteroatoms. The van der Waals surface area contributed by atoms with Gasteiger partial charge in [-0.2, -0.15) is 8.78 Å². The van der Waals surface area contributed by atoms with Crippen LogP contribution in [-0.2, 0) is 6.42 Å². The first-order valence-corrected chi connectivity index (χ1v) is 11.5. The molecule has 4 aromatic rings. The molecule has 0 radical (unpaired) electrons. The molecule has 4 aromatic carbocycles. The van der Waals surface area contributed by atoms with Crippen LogP contribution in [0, 0.1) is 11.6 Å². The molecule has 0 aliphatic heterocycles. The molecule has 4 rings (SSSR count). The van der Waals surface area contributed by atoms with E-state index >= 15 is 0 Å². The van der Waals surface area contributed by atoms with Crippen molar-refractivity contribution in [3.8, 4) is 28.0 Å². The third kappa shape index (κ3) is 5.58. The second kappa shape index (κ2) is 10.7. The fourth-order valence-electron chi connectivity index (χ4n) is 4.20. The highest BCUT2D eigenvalue weighted by atomic mass is 19.3. The lowest BCUT2D eigenvalue weighted by Crippen LogP contribution is -2.01. The van der Waals surface area contributed by atoms with Gasteiger partial charge in [-0.1, -0.05) is 68.7 Å². The molecule has 0 bridgehead atoms. The highest BCUT2D eigenvalue weighted by Gasteiger charge is 2.15. The fraction of sp³-hybridized carbons (Fsp3) is 0.241. The lowest BCUT2D eigenvalue weighted by molar-refractivity contribution is -0.0498. The van der Waals surface area contributed by atoms with Crippen LogP contribution in [-0.4, -0.2) is 6.61 Å². The number of ether oxygens (including phenoxy) is 1. The average Bonchev–Trinajstić information content (AvgIpc) is 2.81. The molecule has 0 aromatic heterocycles. The van der Waals surface area contributed by atoms with Crippen LogP contribution in [0.3, 0.4) is 0 Å². The van der Waals surface area contributed by atoms with E-state index < -0.39 is 18.2 Å². The smallest absolute Gasteiger partial charge is 0.387 e. The quantitative estimate of drug-likeness (QED) is 0.176. The zero-order valence-corrected chi connectivity index (χ0v) is 19.0. The van der Waals surface area contributed by atoms with Crippen molar-refractivity contribution in [1.29, 1.82) is 0 Å². The van der Waals surface area contributed by atoms with Crippen LogP contribution in [0.2, 0.25) is 0 Å². The van der Waals surface area contributed by atoms with E-state index in [2.05, 4.69) is 29.9 Å². The Hall–Kier alpha value is -3.34. The lowest BCUT2D eigenvalue weighted by Gasteiger charge is -2.11. The van der Waals surface area contributed by atoms with Crippen LogP contribution in [0.5, 0.6) is 5.75 Å². The molecule has 0 atom stereocenters. The summed E-state index contributed by atoms with van der Waals surface area (Å²) in [6.45, 7) is -0.761. The molecular formula is C29H26F4O. The summed E-state index contributed by atoms with van der Waals surface area (Å²) in [6.07, 6.45) is 5.91. The van der Waals surface area contributed by atoms with Crippen LogP contribution in [0.25, 0.3) is 33.0 Å². The number of benzene rings is 4. The van der Waals surface area contributed by atoms with E-state index in [9.17, 15) is 17.6 Å². The van der Waals surface area contributed by atoms with E-state index in [0.29, 0.717) is 11.1 Å². The van der Waals surface area contributed by atoms with Gasteiger partial charge >= 0.3 is 6.61 Å². The van der Waals surface area contributed by atoms with Gasteiger partial charge in [0.2, 0.25) is 0 Å². The molecule has 1 nitrogen and oxygen atoms in total. The van der Waals surface area contributed by atoms with Crippen molar-refractivity contribution in [1.82, 2.24) is 0 Å². The Labute approximate surface area is 197 Å². The van der Waals surface area contributed by atoms with Crippen molar-refractivity contribution in [3.05, 3.63) is 90.0 Å². The first kappa shape index (κ1) is 23.8. The number of unbranched alkanes of at least 4 members (excludes halogenated alkanes) is 3. The zero-order chi connectivity index (χ0) is 24.1. The second-order valence-corrected chi connectivity index (χ2v) is 8.42. The predicted molar refractivity (Wildman–Crippen MR) is 129 cm³/mol. The van der Waals surface area contributed by atoms with E-state index in [1.165, 1.54) is 67.6 Å². The maximum atomic E-state index is 14.9. The van der Waals surface area contributed by atoms with Crippen molar-refractivity contribution < 1.29 is 22.3 Å². The van der Waals surface area contributed by atoms with E-state index in [1.54, 1.807) is 0 Å². The number of hydrogen-bond acceptors (Lipinski definition) is 1. The Morgan fingerprint density at radius 3 is 2.00 bits per heavy atom. The van der Waals surface area contributed by atoms with Crippen LogP contribution in [0.1, 0.15) is 38.2 Å². The van der Waals surface area contributed by atoms with Crippen molar-refractivity contribution >= 4 is 10.8 Å². The highest BCUT2D eigenvalue weighted by Crippen LogP contribution is 2.33. The molecule has 0 heterocycles. The maximum Gasteiger partial charge on any atom is 0.387 e. The molecule has 0 saturated carbocycles. The Kier molecular flexibility index (Phi) is 7.51. The van der Waals surface area contributed by atoms with Crippen molar-refractivity contribution in [2.45, 2.75) is 45.6 Å². The van der Waals surface area contributed by atoms with Crippen LogP contribution >= 0.6 is 0 Å². The molecule has 0 spiro atoms. The summed E-state index contributed by atoms with van der Waals surface area (Å²) in [4.78, 5) is 0. The van der Waals surface area contributed by atoms with Gasteiger partial charge in [0.25, 0.3) is 0 Å². The zero-order valence-electron chi connectivity index (χ0n) is 19.0. The highest BCUT2D eigenvalue weighted by molar-refractivity contribution is 5.88. The Balaban J connectivity index is 1.57. The second-order valence-electron chi connectivity index (χ2n) is 8.42. The first-order valence-electron chi connectivity index (χ1n) is 11.5. The molecule has 0 aliphatic rings. The minimum absolute atomic E-state index is 0.0727. The Morgan fingerprint density at radius 1 is 0.676 bits per heavy atom. The predicted octanol–water partition coefficient (Wildman–Crippen LogP) is 9.18. The van der Waals surface area contributed by atoms with E-state index in [-0.39, 0.29) is 16.9 Å². The van der Waals surface area contributed by atoms with Gasteiger partial charge in [0.05, 0.1) is 5.56 Å². The van der Waals surface area contributed by atoms with Gasteiger partial charge in [0.15, 0.2) is 0 Å². The van der Waals surface area contributed by atoms with Crippen molar-refractivity contribution in [2.24, 2.45) is 0 Å². The monoisotopic (exact) mass is 466 g/mol. The number of alkyl halides is 2. The summed E-state index contributed by atoms with van der Waals surface area (Å²) >= 11 is 0. The largest absolute Gasteiger partial charge is 0.435 e. The van der Waals surface area contributed by atoms with Gasteiger partial charge < -0.3 is 4.74 Å². The first-order chi connectivity index (χ1) is 16.4. The molecule has 0 amide bonds. The van der Waals surface area contributed by atoms with Crippen LogP contribution in [0.15, 0.2) is 72.8 Å². The summed E-state index contributed by atoms with van der Waals surface area (Å²) in [7, 11) is 0. The molecule has 0 fully saturated rings. The molecule has 0 saturated heterocycles. The topological polar surface area (TPSA) is 9.23 Å². The van der Waals surface area contributed by atoms with Gasteiger partial charge in [-0.3, -0.25) is 0 Å². The number of aryl methyl sites for hydroxylation is 1. The number of hydrogen-bond donors (Lipinski definition) is 0. The molecule has 0 N–H and O–H groups in total. The molecular weight excluding hydrogens is 440 g/mol. The van der Waals surface area contributed by atoms with Gasteiger partial charge in [-0.05, 0) is 76.2 Å². The minimum atomic E-state index is -2.96. The van der Waals surface area contributed by atoms with Gasteiger partial charge in [-0.15, -0.1) is 0 Å². The normalized spacial score (nSPS) is 11.4. The van der Waals surface area contributed by atoms with Gasteiger partial charge in [-0.25, -0.2) is 8.78 Å². The molecule has 0 aliphatic carbocycles. The third-order valence-corrected chi connectivity index (χ3v) is 5.97. The van der Waals surface area contributed by atoms with Gasteiger partial charge in [0.1, 0.15) is 17.4 Å². The van der Waals surface area contributed by atoms with Crippen LogP contribution in [0.4, 0.5) is 17.6 Å². The third-order valence-electron chi connectivity index (χ3n) is 5.97. The van der Waals surface area contributed by atoms with Crippen molar-refractivity contribution in [2.75, 3.05) is 0 Å². The molecule has 0 unspecified atom stereocenters. The summed E-state index contributed by atoms with van der Waals surface area (Å²) in [5.74, 6) is -1.52. The number of fused-ring (bicyclic) bond motifs is 1. The summed E-state index contributed by atoms with van der Waals surface area (Å²) < 4.78 is 58.8. The fourth-order valence-corrected chi connectivity index (χ4v) is 4.20. The summed E-state index contributed by atoms with van der Waals surface area (Å²) in [5, 5.41) is 2.11. The standard InChI is InChI=1S/C29H26F4O/c1-2-3-4-5-6-19-7-8-22-16-23(10-9-21(22)15-19)24-17-26(30)28(27(31)18-24)20-11-13-25(14-12-20)34-29(32)33/h7-18,29H,2-6H2,1H3. The Bertz CT molecular complexity index is 1240. The summed E-state index contributed by atoms with van der Waals surface area (Å²) in [5.41, 5.74) is 2.48. The van der Waals surface area contributed by atoms with E-state index in [1.807, 2.05) is 18.2 Å². The summed E-state index contributed by atoms with van der Waals surface area (Å²) in [6, 6.07) is 19.9. The van der Waals surface area contributed by atoms with Crippen LogP contribution < -0.4 is 4.74 Å². The molecule has 176 valence electrons.